The average molecular weight is 243 g/mol. The van der Waals surface area contributed by atoms with Crippen LogP contribution in [0.4, 0.5) is 0 Å². The molecule has 1 rings (SSSR count). The predicted molar refractivity (Wildman–Crippen MR) is 66.6 cm³/mol. The van der Waals surface area contributed by atoms with Crippen LogP contribution in [-0.4, -0.2) is 31.8 Å². The quantitative estimate of drug-likeness (QED) is 0.496. The van der Waals surface area contributed by atoms with E-state index in [0.29, 0.717) is 25.0 Å². The second-order valence-corrected chi connectivity index (χ2v) is 4.68. The van der Waals surface area contributed by atoms with Crippen molar-refractivity contribution < 1.29 is 14.3 Å². The Kier molecular flexibility index (Phi) is 7.21. The van der Waals surface area contributed by atoms with Crippen LogP contribution >= 0.6 is 0 Å². The summed E-state index contributed by atoms with van der Waals surface area (Å²) in [5, 5.41) is 0. The monoisotopic (exact) mass is 243 g/mol. The minimum Gasteiger partial charge on any atom is -0.466 e. The highest BCUT2D eigenvalue weighted by Gasteiger charge is 2.28. The summed E-state index contributed by atoms with van der Waals surface area (Å²) in [6.45, 7) is 3.91. The van der Waals surface area contributed by atoms with E-state index in [2.05, 4.69) is 0 Å². The number of unbranched alkanes of at least 4 members (excludes halogenated alkanes) is 2. The van der Waals surface area contributed by atoms with Gasteiger partial charge in [0, 0.05) is 13.0 Å². The van der Waals surface area contributed by atoms with E-state index in [-0.39, 0.29) is 5.97 Å². The number of rotatable bonds is 9. The SMILES string of the molecule is CCOC(=O)CCCCCOC1CC(CN)C1. The molecule has 1 saturated carbocycles. The number of carbonyl (C=O) groups is 1. The normalized spacial score (nSPS) is 23.2. The lowest BCUT2D eigenvalue weighted by molar-refractivity contribution is -0.143. The number of hydrogen-bond acceptors (Lipinski definition) is 4. The fraction of sp³-hybridized carbons (Fsp3) is 0.923. The second kappa shape index (κ2) is 8.48. The first-order chi connectivity index (χ1) is 8.26. The van der Waals surface area contributed by atoms with Crippen LogP contribution < -0.4 is 5.73 Å². The molecule has 0 aromatic heterocycles. The van der Waals surface area contributed by atoms with Crippen LogP contribution in [0.3, 0.4) is 0 Å². The van der Waals surface area contributed by atoms with E-state index in [9.17, 15) is 4.79 Å². The Hall–Kier alpha value is -0.610. The molecule has 0 aromatic carbocycles. The molecule has 0 atom stereocenters. The molecule has 0 amide bonds. The van der Waals surface area contributed by atoms with Crippen molar-refractivity contribution in [3.05, 3.63) is 0 Å². The Bertz CT molecular complexity index is 215. The van der Waals surface area contributed by atoms with Crippen LogP contribution in [0.25, 0.3) is 0 Å². The van der Waals surface area contributed by atoms with Gasteiger partial charge in [-0.1, -0.05) is 6.42 Å². The molecule has 0 spiro atoms. The van der Waals surface area contributed by atoms with Crippen molar-refractivity contribution in [2.24, 2.45) is 11.7 Å². The minimum atomic E-state index is -0.0850. The standard InChI is InChI=1S/C13H25NO3/c1-2-16-13(15)6-4-3-5-7-17-12-8-11(9-12)10-14/h11-12H,2-10,14H2,1H3. The number of nitrogens with two attached hydrogens (primary N) is 1. The Labute approximate surface area is 104 Å². The maximum Gasteiger partial charge on any atom is 0.305 e. The van der Waals surface area contributed by atoms with Crippen molar-refractivity contribution in [1.29, 1.82) is 0 Å². The lowest BCUT2D eigenvalue weighted by Gasteiger charge is -2.34. The molecule has 0 aliphatic heterocycles. The van der Waals surface area contributed by atoms with Gasteiger partial charge in [0.1, 0.15) is 0 Å². The molecule has 0 aromatic rings. The largest absolute Gasteiger partial charge is 0.466 e. The van der Waals surface area contributed by atoms with E-state index in [1.807, 2.05) is 6.92 Å². The second-order valence-electron chi connectivity index (χ2n) is 4.68. The van der Waals surface area contributed by atoms with Crippen molar-refractivity contribution in [3.8, 4) is 0 Å². The van der Waals surface area contributed by atoms with Crippen LogP contribution in [0, 0.1) is 5.92 Å². The highest BCUT2D eigenvalue weighted by atomic mass is 16.5. The zero-order valence-electron chi connectivity index (χ0n) is 10.8. The van der Waals surface area contributed by atoms with E-state index >= 15 is 0 Å². The summed E-state index contributed by atoms with van der Waals surface area (Å²) < 4.78 is 10.5. The third-order valence-corrected chi connectivity index (χ3v) is 3.21. The Morgan fingerprint density at radius 2 is 2.06 bits per heavy atom. The van der Waals surface area contributed by atoms with Crippen molar-refractivity contribution in [2.45, 2.75) is 51.6 Å². The van der Waals surface area contributed by atoms with Gasteiger partial charge in [-0.15, -0.1) is 0 Å². The molecule has 0 radical (unpaired) electrons. The van der Waals surface area contributed by atoms with Gasteiger partial charge in [0.15, 0.2) is 0 Å². The number of carbonyl (C=O) groups excluding carboxylic acids is 1. The molecule has 0 unspecified atom stereocenters. The summed E-state index contributed by atoms with van der Waals surface area (Å²) in [4.78, 5) is 11.0. The minimum absolute atomic E-state index is 0.0850. The van der Waals surface area contributed by atoms with Crippen molar-refractivity contribution in [3.63, 3.8) is 0 Å². The molecule has 4 heteroatoms. The zero-order chi connectivity index (χ0) is 12.5. The van der Waals surface area contributed by atoms with Gasteiger partial charge < -0.3 is 15.2 Å². The molecule has 1 aliphatic carbocycles. The van der Waals surface area contributed by atoms with E-state index in [1.165, 1.54) is 0 Å². The van der Waals surface area contributed by atoms with Crippen LogP contribution in [0.5, 0.6) is 0 Å². The van der Waals surface area contributed by atoms with Crippen LogP contribution in [0.15, 0.2) is 0 Å². The van der Waals surface area contributed by atoms with Gasteiger partial charge >= 0.3 is 5.97 Å². The van der Waals surface area contributed by atoms with Crippen molar-refractivity contribution >= 4 is 5.97 Å². The first-order valence-corrected chi connectivity index (χ1v) is 6.73. The maximum atomic E-state index is 11.0. The molecular formula is C13H25NO3. The molecular weight excluding hydrogens is 218 g/mol. The summed E-state index contributed by atoms with van der Waals surface area (Å²) in [6, 6.07) is 0. The molecule has 0 bridgehead atoms. The Morgan fingerprint density at radius 1 is 1.29 bits per heavy atom. The molecule has 1 fully saturated rings. The number of hydrogen-bond donors (Lipinski definition) is 1. The van der Waals surface area contributed by atoms with Crippen LogP contribution in [0.2, 0.25) is 0 Å². The zero-order valence-corrected chi connectivity index (χ0v) is 10.8. The third kappa shape index (κ3) is 6.03. The van der Waals surface area contributed by atoms with E-state index < -0.39 is 0 Å². The highest BCUT2D eigenvalue weighted by Crippen LogP contribution is 2.28. The van der Waals surface area contributed by atoms with Crippen molar-refractivity contribution in [2.75, 3.05) is 19.8 Å². The van der Waals surface area contributed by atoms with Crippen molar-refractivity contribution in [1.82, 2.24) is 0 Å². The van der Waals surface area contributed by atoms with E-state index in [1.54, 1.807) is 0 Å². The maximum absolute atomic E-state index is 11.0. The van der Waals surface area contributed by atoms with Crippen LogP contribution in [0.1, 0.15) is 45.4 Å². The van der Waals surface area contributed by atoms with Gasteiger partial charge in [0.2, 0.25) is 0 Å². The lowest BCUT2D eigenvalue weighted by atomic mass is 9.82. The first-order valence-electron chi connectivity index (χ1n) is 6.73. The van der Waals surface area contributed by atoms with Gasteiger partial charge in [-0.05, 0) is 45.1 Å². The Balaban J connectivity index is 1.81. The van der Waals surface area contributed by atoms with E-state index in [0.717, 1.165) is 45.3 Å². The summed E-state index contributed by atoms with van der Waals surface area (Å²) in [7, 11) is 0. The predicted octanol–water partition coefficient (Wildman–Crippen LogP) is 1.86. The molecule has 1 aliphatic rings. The summed E-state index contributed by atoms with van der Waals surface area (Å²) in [5.41, 5.74) is 5.54. The summed E-state index contributed by atoms with van der Waals surface area (Å²) >= 11 is 0. The van der Waals surface area contributed by atoms with Gasteiger partial charge in [0.25, 0.3) is 0 Å². The molecule has 4 nitrogen and oxygen atoms in total. The summed E-state index contributed by atoms with van der Waals surface area (Å²) in [6.07, 6.45) is 6.19. The third-order valence-electron chi connectivity index (χ3n) is 3.21. The molecule has 2 N–H and O–H groups in total. The van der Waals surface area contributed by atoms with Gasteiger partial charge in [-0.25, -0.2) is 0 Å². The van der Waals surface area contributed by atoms with Gasteiger partial charge in [0.05, 0.1) is 12.7 Å². The topological polar surface area (TPSA) is 61.5 Å². The molecule has 0 heterocycles. The lowest BCUT2D eigenvalue weighted by Crippen LogP contribution is -2.36. The fourth-order valence-corrected chi connectivity index (χ4v) is 2.03. The fourth-order valence-electron chi connectivity index (χ4n) is 2.03. The Morgan fingerprint density at radius 3 is 2.71 bits per heavy atom. The molecule has 17 heavy (non-hydrogen) atoms. The number of esters is 1. The van der Waals surface area contributed by atoms with Gasteiger partial charge in [-0.3, -0.25) is 4.79 Å². The highest BCUT2D eigenvalue weighted by molar-refractivity contribution is 5.69. The van der Waals surface area contributed by atoms with Gasteiger partial charge in [-0.2, -0.15) is 0 Å². The molecule has 0 saturated heterocycles. The van der Waals surface area contributed by atoms with Crippen LogP contribution in [-0.2, 0) is 14.3 Å². The van der Waals surface area contributed by atoms with E-state index in [4.69, 9.17) is 15.2 Å². The molecule has 100 valence electrons. The number of ether oxygens (including phenoxy) is 2. The average Bonchev–Trinajstić information content (AvgIpc) is 2.25. The first kappa shape index (κ1) is 14.5. The smallest absolute Gasteiger partial charge is 0.305 e. The summed E-state index contributed by atoms with van der Waals surface area (Å²) in [5.74, 6) is 0.599.